The number of pyridine rings is 1. The molecule has 29 heavy (non-hydrogen) atoms. The summed E-state index contributed by atoms with van der Waals surface area (Å²) in [6.07, 6.45) is 5.92. The molecule has 0 bridgehead atoms. The molecule has 0 saturated heterocycles. The highest BCUT2D eigenvalue weighted by molar-refractivity contribution is 5.95. The molecule has 8 heteroatoms. The number of nitrogens with one attached hydrogen (secondary N) is 1. The molecule has 2 aromatic heterocycles. The number of benzene rings is 1. The second-order valence-electron chi connectivity index (χ2n) is 7.18. The van der Waals surface area contributed by atoms with Crippen LogP contribution >= 0.6 is 0 Å². The van der Waals surface area contributed by atoms with Gasteiger partial charge >= 0.3 is 0 Å². The summed E-state index contributed by atoms with van der Waals surface area (Å²) in [5.74, 6) is 3.01. The molecule has 1 N–H and O–H groups in total. The normalized spacial score (nSPS) is 17.9. The molecule has 5 rings (SSSR count). The zero-order valence-corrected chi connectivity index (χ0v) is 15.9. The predicted octanol–water partition coefficient (Wildman–Crippen LogP) is 2.25. The predicted molar refractivity (Wildman–Crippen MR) is 105 cm³/mol. The van der Waals surface area contributed by atoms with Crippen LogP contribution in [-0.2, 0) is 13.0 Å². The summed E-state index contributed by atoms with van der Waals surface area (Å²) in [4.78, 5) is 16.8. The van der Waals surface area contributed by atoms with Crippen LogP contribution in [-0.4, -0.2) is 44.9 Å². The lowest BCUT2D eigenvalue weighted by atomic mass is 10.1. The van der Waals surface area contributed by atoms with Gasteiger partial charge in [0.05, 0.1) is 0 Å². The van der Waals surface area contributed by atoms with Crippen molar-refractivity contribution in [3.8, 4) is 22.9 Å². The quantitative estimate of drug-likeness (QED) is 0.736. The number of carbonyl (C=O) groups is 1. The first-order valence-electron chi connectivity index (χ1n) is 9.81. The lowest BCUT2D eigenvalue weighted by molar-refractivity contribution is 0.0931. The van der Waals surface area contributed by atoms with Crippen molar-refractivity contribution in [2.75, 3.05) is 13.2 Å². The summed E-state index contributed by atoms with van der Waals surface area (Å²) in [5.41, 5.74) is 1.58. The Bertz CT molecular complexity index is 1030. The van der Waals surface area contributed by atoms with Gasteiger partial charge in [-0.15, -0.1) is 10.2 Å². The second kappa shape index (κ2) is 7.54. The lowest BCUT2D eigenvalue weighted by Gasteiger charge is -2.20. The zero-order valence-electron chi connectivity index (χ0n) is 15.9. The van der Waals surface area contributed by atoms with Crippen molar-refractivity contribution in [3.05, 3.63) is 54.1 Å². The highest BCUT2D eigenvalue weighted by Gasteiger charge is 2.23. The molecule has 0 saturated carbocycles. The molecule has 0 aliphatic carbocycles. The first kappa shape index (κ1) is 17.7. The smallest absolute Gasteiger partial charge is 0.251 e. The topological polar surface area (TPSA) is 91.2 Å². The number of amides is 1. The molecule has 0 spiro atoms. The highest BCUT2D eigenvalue weighted by Crippen LogP contribution is 2.31. The van der Waals surface area contributed by atoms with Crippen molar-refractivity contribution >= 4 is 5.91 Å². The Kier molecular flexibility index (Phi) is 4.59. The number of hydrogen-bond acceptors (Lipinski definition) is 6. The van der Waals surface area contributed by atoms with Gasteiger partial charge in [-0.2, -0.15) is 0 Å². The van der Waals surface area contributed by atoms with Crippen molar-refractivity contribution < 1.29 is 14.3 Å². The Balaban J connectivity index is 1.28. The van der Waals surface area contributed by atoms with Crippen molar-refractivity contribution in [1.82, 2.24) is 25.1 Å². The van der Waals surface area contributed by atoms with Gasteiger partial charge in [0.25, 0.3) is 5.91 Å². The molecule has 3 aromatic rings. The van der Waals surface area contributed by atoms with E-state index in [1.165, 1.54) is 0 Å². The standard InChI is InChI=1S/C21H21N5O3/c27-21(15-1-3-17-18(13-15)29-12-11-28-17)23-16-2-4-19-24-25-20(26(19)10-7-16)14-5-8-22-9-6-14/h1,3,5-6,8-9,13,16H,2,4,7,10-12H2,(H,23,27). The van der Waals surface area contributed by atoms with E-state index in [1.54, 1.807) is 30.6 Å². The van der Waals surface area contributed by atoms with Crippen molar-refractivity contribution in [2.24, 2.45) is 0 Å². The number of ether oxygens (including phenoxy) is 2. The molecule has 1 unspecified atom stereocenters. The Labute approximate surface area is 167 Å². The number of aryl methyl sites for hydroxylation is 1. The number of fused-ring (bicyclic) bond motifs is 2. The van der Waals surface area contributed by atoms with Gasteiger partial charge in [-0.3, -0.25) is 9.78 Å². The number of nitrogens with zero attached hydrogens (tertiary/aromatic N) is 4. The molecule has 8 nitrogen and oxygen atoms in total. The molecule has 2 aliphatic heterocycles. The fraction of sp³-hybridized carbons (Fsp3) is 0.333. The van der Waals surface area contributed by atoms with E-state index in [1.807, 2.05) is 12.1 Å². The summed E-state index contributed by atoms with van der Waals surface area (Å²) >= 11 is 0. The summed E-state index contributed by atoms with van der Waals surface area (Å²) in [6, 6.07) is 9.25. The maximum absolute atomic E-state index is 12.8. The minimum atomic E-state index is -0.0982. The van der Waals surface area contributed by atoms with E-state index in [2.05, 4.69) is 25.1 Å². The van der Waals surface area contributed by atoms with Crippen LogP contribution in [0.1, 0.15) is 29.0 Å². The first-order valence-corrected chi connectivity index (χ1v) is 9.81. The number of aromatic nitrogens is 4. The van der Waals surface area contributed by atoms with Crippen LogP contribution in [0.5, 0.6) is 11.5 Å². The minimum Gasteiger partial charge on any atom is -0.486 e. The number of carbonyl (C=O) groups excluding carboxylic acids is 1. The van der Waals surface area contributed by atoms with Gasteiger partial charge in [-0.25, -0.2) is 0 Å². The third kappa shape index (κ3) is 3.53. The third-order valence-corrected chi connectivity index (χ3v) is 5.32. The van der Waals surface area contributed by atoms with Crippen molar-refractivity contribution in [3.63, 3.8) is 0 Å². The maximum atomic E-state index is 12.8. The molecule has 1 amide bonds. The van der Waals surface area contributed by atoms with Gasteiger partial charge in [0, 0.05) is 42.5 Å². The van der Waals surface area contributed by atoms with Gasteiger partial charge in [0.15, 0.2) is 17.3 Å². The van der Waals surface area contributed by atoms with Crippen molar-refractivity contribution in [1.29, 1.82) is 0 Å². The van der Waals surface area contributed by atoms with E-state index < -0.39 is 0 Å². The molecule has 0 radical (unpaired) electrons. The summed E-state index contributed by atoms with van der Waals surface area (Å²) in [6.45, 7) is 1.79. The van der Waals surface area contributed by atoms with E-state index in [9.17, 15) is 4.79 Å². The van der Waals surface area contributed by atoms with E-state index in [0.717, 1.165) is 43.0 Å². The van der Waals surface area contributed by atoms with E-state index in [0.29, 0.717) is 30.3 Å². The molecular weight excluding hydrogens is 370 g/mol. The van der Waals surface area contributed by atoms with Crippen LogP contribution < -0.4 is 14.8 Å². The Morgan fingerprint density at radius 3 is 2.72 bits per heavy atom. The summed E-state index contributed by atoms with van der Waals surface area (Å²) < 4.78 is 13.3. The molecule has 0 fully saturated rings. The van der Waals surface area contributed by atoms with Crippen LogP contribution in [0.15, 0.2) is 42.7 Å². The molecular formula is C21H21N5O3. The van der Waals surface area contributed by atoms with E-state index in [4.69, 9.17) is 9.47 Å². The molecule has 1 aromatic carbocycles. The third-order valence-electron chi connectivity index (χ3n) is 5.32. The van der Waals surface area contributed by atoms with Crippen LogP contribution in [0.2, 0.25) is 0 Å². The summed E-state index contributed by atoms with van der Waals surface area (Å²) in [5, 5.41) is 11.9. The number of hydrogen-bond donors (Lipinski definition) is 1. The first-order chi connectivity index (χ1) is 14.3. The van der Waals surface area contributed by atoms with Crippen LogP contribution in [0, 0.1) is 0 Å². The Morgan fingerprint density at radius 1 is 1.03 bits per heavy atom. The SMILES string of the molecule is O=C(NC1CCc2nnc(-c3ccncc3)n2CC1)c1ccc2c(c1)OCCO2. The monoisotopic (exact) mass is 391 g/mol. The lowest BCUT2D eigenvalue weighted by Crippen LogP contribution is -2.35. The summed E-state index contributed by atoms with van der Waals surface area (Å²) in [7, 11) is 0. The van der Waals surface area contributed by atoms with Crippen LogP contribution in [0.4, 0.5) is 0 Å². The molecule has 1 atom stereocenters. The average molecular weight is 391 g/mol. The Morgan fingerprint density at radius 2 is 1.86 bits per heavy atom. The van der Waals surface area contributed by atoms with Gasteiger partial charge < -0.3 is 19.4 Å². The largest absolute Gasteiger partial charge is 0.486 e. The number of rotatable bonds is 3. The highest BCUT2D eigenvalue weighted by atomic mass is 16.6. The second-order valence-corrected chi connectivity index (χ2v) is 7.18. The van der Waals surface area contributed by atoms with Crippen LogP contribution in [0.25, 0.3) is 11.4 Å². The van der Waals surface area contributed by atoms with Gasteiger partial charge in [0.2, 0.25) is 0 Å². The fourth-order valence-electron chi connectivity index (χ4n) is 3.80. The average Bonchev–Trinajstić information content (AvgIpc) is 3.08. The molecule has 148 valence electrons. The van der Waals surface area contributed by atoms with Gasteiger partial charge in [0.1, 0.15) is 19.0 Å². The van der Waals surface area contributed by atoms with Crippen LogP contribution in [0.3, 0.4) is 0 Å². The maximum Gasteiger partial charge on any atom is 0.251 e. The Hall–Kier alpha value is -3.42. The zero-order chi connectivity index (χ0) is 19.6. The van der Waals surface area contributed by atoms with E-state index in [-0.39, 0.29) is 11.9 Å². The molecule has 2 aliphatic rings. The molecule has 4 heterocycles. The fourth-order valence-corrected chi connectivity index (χ4v) is 3.80. The van der Waals surface area contributed by atoms with E-state index >= 15 is 0 Å². The minimum absolute atomic E-state index is 0.0719. The van der Waals surface area contributed by atoms with Gasteiger partial charge in [-0.1, -0.05) is 0 Å². The van der Waals surface area contributed by atoms with Crippen molar-refractivity contribution in [2.45, 2.75) is 31.8 Å². The van der Waals surface area contributed by atoms with Gasteiger partial charge in [-0.05, 0) is 43.2 Å².